The average molecular weight is 375 g/mol. The van der Waals surface area contributed by atoms with Crippen LogP contribution in [0, 0.1) is 20.8 Å². The van der Waals surface area contributed by atoms with Gasteiger partial charge in [-0.25, -0.2) is 13.1 Å². The molecule has 2 rings (SSSR count). The molecule has 0 atom stereocenters. The molecule has 0 saturated heterocycles. The predicted molar refractivity (Wildman–Crippen MR) is 105 cm³/mol. The Balaban J connectivity index is 2.36. The van der Waals surface area contributed by atoms with Crippen LogP contribution in [0.3, 0.4) is 0 Å². The van der Waals surface area contributed by atoms with Crippen molar-refractivity contribution in [2.24, 2.45) is 0 Å². The van der Waals surface area contributed by atoms with Crippen molar-refractivity contribution in [2.75, 3.05) is 5.32 Å². The van der Waals surface area contributed by atoms with E-state index in [4.69, 9.17) is 0 Å². The number of anilines is 1. The fraction of sp³-hybridized carbons (Fsp3) is 0.350. The predicted octanol–water partition coefficient (Wildman–Crippen LogP) is 3.94. The number of carbonyl (C=O) groups excluding carboxylic acids is 1. The Morgan fingerprint density at radius 2 is 1.50 bits per heavy atom. The van der Waals surface area contributed by atoms with Gasteiger partial charge in [-0.2, -0.15) is 0 Å². The van der Waals surface area contributed by atoms with Gasteiger partial charge in [0, 0.05) is 16.8 Å². The number of hydrogen-bond acceptors (Lipinski definition) is 3. The monoisotopic (exact) mass is 374 g/mol. The van der Waals surface area contributed by atoms with Crippen molar-refractivity contribution in [1.82, 2.24) is 4.72 Å². The minimum atomic E-state index is -3.71. The molecule has 0 aliphatic heterocycles. The first-order valence-electron chi connectivity index (χ1n) is 8.42. The number of hydrogen-bond donors (Lipinski definition) is 2. The number of sulfonamides is 1. The summed E-state index contributed by atoms with van der Waals surface area (Å²) in [4.78, 5) is 12.8. The molecule has 2 aromatic rings. The van der Waals surface area contributed by atoms with Crippen LogP contribution in [0.15, 0.2) is 41.3 Å². The lowest BCUT2D eigenvalue weighted by Gasteiger charge is -2.20. The fourth-order valence-electron chi connectivity index (χ4n) is 2.72. The van der Waals surface area contributed by atoms with Crippen LogP contribution in [-0.2, 0) is 10.0 Å². The van der Waals surface area contributed by atoms with Gasteiger partial charge >= 0.3 is 0 Å². The summed E-state index contributed by atoms with van der Waals surface area (Å²) in [5.41, 5.74) is 3.21. The molecule has 0 saturated carbocycles. The number of benzene rings is 2. The third-order valence-electron chi connectivity index (χ3n) is 3.68. The molecule has 0 spiro atoms. The van der Waals surface area contributed by atoms with Crippen LogP contribution in [0.5, 0.6) is 0 Å². The molecule has 5 nitrogen and oxygen atoms in total. The molecule has 0 aliphatic rings. The SMILES string of the molecule is Cc1cc(C)cc(NC(=O)c2cc(S(=O)(=O)NC(C)(C)C)ccc2C)c1. The molecule has 2 aromatic carbocycles. The lowest BCUT2D eigenvalue weighted by atomic mass is 10.1. The summed E-state index contributed by atoms with van der Waals surface area (Å²) >= 11 is 0. The molecule has 26 heavy (non-hydrogen) atoms. The van der Waals surface area contributed by atoms with Crippen LogP contribution in [0.1, 0.15) is 47.8 Å². The normalized spacial score (nSPS) is 12.1. The van der Waals surface area contributed by atoms with Crippen LogP contribution in [0.4, 0.5) is 5.69 Å². The maximum absolute atomic E-state index is 12.7. The van der Waals surface area contributed by atoms with Crippen LogP contribution in [0.25, 0.3) is 0 Å². The number of amides is 1. The molecular weight excluding hydrogens is 348 g/mol. The molecular formula is C20H26N2O3S. The second-order valence-corrected chi connectivity index (χ2v) is 9.35. The minimum absolute atomic E-state index is 0.0728. The molecule has 0 radical (unpaired) electrons. The molecule has 0 unspecified atom stereocenters. The Morgan fingerprint density at radius 3 is 2.04 bits per heavy atom. The van der Waals surface area contributed by atoms with E-state index in [-0.39, 0.29) is 10.8 Å². The zero-order valence-electron chi connectivity index (χ0n) is 16.1. The van der Waals surface area contributed by atoms with E-state index in [1.54, 1.807) is 33.8 Å². The molecule has 0 heterocycles. The largest absolute Gasteiger partial charge is 0.322 e. The van der Waals surface area contributed by atoms with Crippen molar-refractivity contribution in [3.8, 4) is 0 Å². The number of carbonyl (C=O) groups is 1. The molecule has 0 fully saturated rings. The van der Waals surface area contributed by atoms with E-state index in [0.29, 0.717) is 16.8 Å². The standard InChI is InChI=1S/C20H26N2O3S/c1-13-9-14(2)11-16(10-13)21-19(23)18-12-17(8-7-15(18)3)26(24,25)22-20(4,5)6/h7-12,22H,1-6H3,(H,21,23). The van der Waals surface area contributed by atoms with Crippen molar-refractivity contribution in [2.45, 2.75) is 52.0 Å². The Kier molecular flexibility index (Phi) is 5.58. The van der Waals surface area contributed by atoms with E-state index in [1.807, 2.05) is 32.0 Å². The zero-order chi connectivity index (χ0) is 19.7. The number of rotatable bonds is 4. The number of nitrogens with one attached hydrogen (secondary N) is 2. The summed E-state index contributed by atoms with van der Waals surface area (Å²) in [6, 6.07) is 10.3. The maximum Gasteiger partial charge on any atom is 0.255 e. The van der Waals surface area contributed by atoms with E-state index in [9.17, 15) is 13.2 Å². The highest BCUT2D eigenvalue weighted by Crippen LogP contribution is 2.20. The van der Waals surface area contributed by atoms with Crippen LogP contribution in [0.2, 0.25) is 0 Å². The van der Waals surface area contributed by atoms with Crippen molar-refractivity contribution < 1.29 is 13.2 Å². The highest BCUT2D eigenvalue weighted by molar-refractivity contribution is 7.89. The van der Waals surface area contributed by atoms with Gasteiger partial charge in [0.25, 0.3) is 5.91 Å². The van der Waals surface area contributed by atoms with Crippen molar-refractivity contribution in [1.29, 1.82) is 0 Å². The quantitative estimate of drug-likeness (QED) is 0.851. The van der Waals surface area contributed by atoms with E-state index in [1.165, 1.54) is 12.1 Å². The van der Waals surface area contributed by atoms with E-state index in [0.717, 1.165) is 11.1 Å². The van der Waals surface area contributed by atoms with Crippen molar-refractivity contribution >= 4 is 21.6 Å². The highest BCUT2D eigenvalue weighted by atomic mass is 32.2. The Morgan fingerprint density at radius 1 is 0.923 bits per heavy atom. The van der Waals surface area contributed by atoms with Gasteiger partial charge in [-0.05, 0) is 82.5 Å². The van der Waals surface area contributed by atoms with E-state index >= 15 is 0 Å². The van der Waals surface area contributed by atoms with Crippen LogP contribution in [-0.4, -0.2) is 19.9 Å². The van der Waals surface area contributed by atoms with Gasteiger partial charge in [0.15, 0.2) is 0 Å². The Bertz CT molecular complexity index is 922. The summed E-state index contributed by atoms with van der Waals surface area (Å²) in [5, 5.41) is 2.85. The van der Waals surface area contributed by atoms with E-state index in [2.05, 4.69) is 10.0 Å². The summed E-state index contributed by atoms with van der Waals surface area (Å²) < 4.78 is 27.7. The molecule has 2 N–H and O–H groups in total. The van der Waals surface area contributed by atoms with Gasteiger partial charge < -0.3 is 5.32 Å². The maximum atomic E-state index is 12.7. The van der Waals surface area contributed by atoms with Gasteiger partial charge in [0.05, 0.1) is 4.90 Å². The zero-order valence-corrected chi connectivity index (χ0v) is 16.9. The average Bonchev–Trinajstić information content (AvgIpc) is 2.43. The topological polar surface area (TPSA) is 75.3 Å². The molecule has 0 bridgehead atoms. The molecule has 0 aliphatic carbocycles. The van der Waals surface area contributed by atoms with Crippen molar-refractivity contribution in [3.05, 3.63) is 58.7 Å². The fourth-order valence-corrected chi connectivity index (χ4v) is 4.16. The molecule has 0 aromatic heterocycles. The smallest absolute Gasteiger partial charge is 0.255 e. The Hall–Kier alpha value is -2.18. The second kappa shape index (κ2) is 7.21. The van der Waals surface area contributed by atoms with Gasteiger partial charge in [0.2, 0.25) is 10.0 Å². The lowest BCUT2D eigenvalue weighted by molar-refractivity contribution is 0.102. The van der Waals surface area contributed by atoms with Crippen LogP contribution >= 0.6 is 0 Å². The number of aryl methyl sites for hydroxylation is 3. The van der Waals surface area contributed by atoms with Gasteiger partial charge in [0.1, 0.15) is 0 Å². The molecule has 1 amide bonds. The summed E-state index contributed by atoms with van der Waals surface area (Å²) in [6.07, 6.45) is 0. The van der Waals surface area contributed by atoms with Gasteiger partial charge in [-0.3, -0.25) is 4.79 Å². The van der Waals surface area contributed by atoms with Gasteiger partial charge in [-0.15, -0.1) is 0 Å². The first-order valence-corrected chi connectivity index (χ1v) is 9.90. The first-order chi connectivity index (χ1) is 11.9. The van der Waals surface area contributed by atoms with Crippen LogP contribution < -0.4 is 10.0 Å². The Labute approximate surface area is 155 Å². The summed E-state index contributed by atoms with van der Waals surface area (Å²) in [7, 11) is -3.71. The van der Waals surface area contributed by atoms with Gasteiger partial charge in [-0.1, -0.05) is 12.1 Å². The molecule has 6 heteroatoms. The highest BCUT2D eigenvalue weighted by Gasteiger charge is 2.23. The summed E-state index contributed by atoms with van der Waals surface area (Å²) in [5.74, 6) is -0.333. The van der Waals surface area contributed by atoms with E-state index < -0.39 is 15.6 Å². The first kappa shape index (κ1) is 20.1. The van der Waals surface area contributed by atoms with Crippen molar-refractivity contribution in [3.63, 3.8) is 0 Å². The third-order valence-corrected chi connectivity index (χ3v) is 5.44. The molecule has 140 valence electrons. The second-order valence-electron chi connectivity index (χ2n) is 7.66. The summed E-state index contributed by atoms with van der Waals surface area (Å²) in [6.45, 7) is 11.0. The lowest BCUT2D eigenvalue weighted by Crippen LogP contribution is -2.40. The minimum Gasteiger partial charge on any atom is -0.322 e. The third kappa shape index (κ3) is 5.16.